The molecule has 3 aromatic rings. The molecule has 0 saturated carbocycles. The highest BCUT2D eigenvalue weighted by atomic mass is 19.1. The molecule has 32 heavy (non-hydrogen) atoms. The number of carbonyl (C=O) groups excluding carboxylic acids is 2. The van der Waals surface area contributed by atoms with Gasteiger partial charge in [-0.05, 0) is 36.2 Å². The molecule has 3 heterocycles. The third-order valence-electron chi connectivity index (χ3n) is 5.34. The number of pyridine rings is 1. The number of aliphatic hydroxyl groups excluding tert-OH is 1. The Morgan fingerprint density at radius 2 is 2.03 bits per heavy atom. The number of aromatic nitrogens is 3. The molecule has 1 fully saturated rings. The Balaban J connectivity index is 1.72. The quantitative estimate of drug-likeness (QED) is 0.348. The number of carbonyl (C=O) groups is 2. The Morgan fingerprint density at radius 1 is 1.19 bits per heavy atom. The Kier molecular flexibility index (Phi) is 5.98. The van der Waals surface area contributed by atoms with E-state index in [9.17, 15) is 19.1 Å². The molecule has 1 aliphatic heterocycles. The number of hydrogen-bond donors (Lipinski definition) is 1. The van der Waals surface area contributed by atoms with Crippen LogP contribution in [0.3, 0.4) is 0 Å². The summed E-state index contributed by atoms with van der Waals surface area (Å²) >= 11 is 0. The van der Waals surface area contributed by atoms with Gasteiger partial charge in [-0.3, -0.25) is 14.6 Å². The van der Waals surface area contributed by atoms with Crippen molar-refractivity contribution in [1.82, 2.24) is 19.4 Å². The zero-order valence-electron chi connectivity index (χ0n) is 17.3. The minimum Gasteiger partial charge on any atom is -0.507 e. The van der Waals surface area contributed by atoms with Crippen LogP contribution in [-0.4, -0.2) is 49.9 Å². The standard InChI is InChI=1S/C23H21FN4O4/c1-32-18-6-5-15(12-17(18)24)21(29)19-20(16-4-2-7-25-13-16)28(23(31)22(19)30)10-3-9-27-11-8-26-14-27/h2,4-8,11-14,20,29H,3,9-10H2,1H3/t20-/m1/s1. The van der Waals surface area contributed by atoms with Crippen LogP contribution >= 0.6 is 0 Å². The SMILES string of the molecule is COc1ccc(C(O)=C2C(=O)C(=O)N(CCCn3ccnc3)[C@@H]2c2cccnc2)cc1F. The molecule has 0 aliphatic carbocycles. The molecule has 9 heteroatoms. The molecule has 1 aliphatic rings. The minimum atomic E-state index is -0.836. The lowest BCUT2D eigenvalue weighted by molar-refractivity contribution is -0.139. The Hall–Kier alpha value is -4.01. The van der Waals surface area contributed by atoms with Crippen LogP contribution in [0.1, 0.15) is 23.6 Å². The summed E-state index contributed by atoms with van der Waals surface area (Å²) in [6, 6.07) is 6.44. The van der Waals surface area contributed by atoms with Gasteiger partial charge in [0.1, 0.15) is 5.76 Å². The summed E-state index contributed by atoms with van der Waals surface area (Å²) in [6.45, 7) is 0.877. The van der Waals surface area contributed by atoms with Gasteiger partial charge in [0.05, 0.1) is 25.1 Å². The van der Waals surface area contributed by atoms with E-state index in [0.717, 1.165) is 6.07 Å². The summed E-state index contributed by atoms with van der Waals surface area (Å²) in [4.78, 5) is 35.3. The van der Waals surface area contributed by atoms with Crippen LogP contribution in [0.5, 0.6) is 5.75 Å². The van der Waals surface area contributed by atoms with Crippen LogP contribution in [-0.2, 0) is 16.1 Å². The number of methoxy groups -OCH3 is 1. The number of aliphatic hydroxyl groups is 1. The van der Waals surface area contributed by atoms with Gasteiger partial charge in [0.15, 0.2) is 11.6 Å². The van der Waals surface area contributed by atoms with Gasteiger partial charge >= 0.3 is 0 Å². The Morgan fingerprint density at radius 3 is 2.69 bits per heavy atom. The Bertz CT molecular complexity index is 1160. The normalized spacial score (nSPS) is 17.7. The zero-order chi connectivity index (χ0) is 22.7. The molecule has 0 unspecified atom stereocenters. The molecule has 1 aromatic carbocycles. The predicted octanol–water partition coefficient (Wildman–Crippen LogP) is 2.94. The van der Waals surface area contributed by atoms with Crippen molar-refractivity contribution in [3.8, 4) is 5.75 Å². The molecular weight excluding hydrogens is 415 g/mol. The molecule has 0 spiro atoms. The van der Waals surface area contributed by atoms with Gasteiger partial charge in [-0.2, -0.15) is 0 Å². The smallest absolute Gasteiger partial charge is 0.295 e. The first-order chi connectivity index (χ1) is 15.5. The summed E-state index contributed by atoms with van der Waals surface area (Å²) in [6.07, 6.45) is 8.83. The fraction of sp³-hybridized carbons (Fsp3) is 0.217. The summed E-state index contributed by atoms with van der Waals surface area (Å²) in [5.41, 5.74) is 0.550. The highest BCUT2D eigenvalue weighted by Crippen LogP contribution is 2.39. The molecule has 0 radical (unpaired) electrons. The van der Waals surface area contributed by atoms with Crippen LogP contribution in [0.15, 0.2) is 67.0 Å². The van der Waals surface area contributed by atoms with Crippen molar-refractivity contribution in [3.05, 3.63) is 84.0 Å². The van der Waals surface area contributed by atoms with E-state index < -0.39 is 29.3 Å². The third kappa shape index (κ3) is 3.96. The van der Waals surface area contributed by atoms with Gasteiger partial charge in [0.2, 0.25) is 0 Å². The number of ketones is 1. The first kappa shape index (κ1) is 21.2. The largest absolute Gasteiger partial charge is 0.507 e. The van der Waals surface area contributed by atoms with Crippen LogP contribution in [0.25, 0.3) is 5.76 Å². The van der Waals surface area contributed by atoms with Gasteiger partial charge in [-0.15, -0.1) is 0 Å². The number of aryl methyl sites for hydroxylation is 1. The van der Waals surface area contributed by atoms with Crippen LogP contribution in [0, 0.1) is 5.82 Å². The second-order valence-electron chi connectivity index (χ2n) is 7.28. The van der Waals surface area contributed by atoms with Gasteiger partial charge in [-0.25, -0.2) is 9.37 Å². The molecule has 1 saturated heterocycles. The number of rotatable bonds is 7. The molecule has 0 bridgehead atoms. The molecule has 1 atom stereocenters. The van der Waals surface area contributed by atoms with Crippen LogP contribution < -0.4 is 4.74 Å². The molecule has 2 aromatic heterocycles. The van der Waals surface area contributed by atoms with E-state index in [0.29, 0.717) is 18.5 Å². The maximum atomic E-state index is 14.2. The van der Waals surface area contributed by atoms with E-state index >= 15 is 0 Å². The molecule has 1 amide bonds. The lowest BCUT2D eigenvalue weighted by atomic mass is 9.96. The van der Waals surface area contributed by atoms with Crippen molar-refractivity contribution < 1.29 is 23.8 Å². The van der Waals surface area contributed by atoms with Crippen LogP contribution in [0.4, 0.5) is 4.39 Å². The molecule has 1 N–H and O–H groups in total. The van der Waals surface area contributed by atoms with Gasteiger partial charge in [0, 0.05) is 43.4 Å². The average Bonchev–Trinajstić information content (AvgIpc) is 3.41. The highest BCUT2D eigenvalue weighted by Gasteiger charge is 2.45. The minimum absolute atomic E-state index is 0.00492. The van der Waals surface area contributed by atoms with E-state index in [4.69, 9.17) is 4.74 Å². The number of ether oxygens (including phenoxy) is 1. The Labute approximate surface area is 183 Å². The van der Waals surface area contributed by atoms with Crippen molar-refractivity contribution in [1.29, 1.82) is 0 Å². The number of imidazole rings is 1. The monoisotopic (exact) mass is 436 g/mol. The maximum absolute atomic E-state index is 14.2. The fourth-order valence-corrected chi connectivity index (χ4v) is 3.81. The first-order valence-corrected chi connectivity index (χ1v) is 9.99. The van der Waals surface area contributed by atoms with E-state index in [-0.39, 0.29) is 23.4 Å². The summed E-state index contributed by atoms with van der Waals surface area (Å²) in [5.74, 6) is -2.68. The number of halogens is 1. The zero-order valence-corrected chi connectivity index (χ0v) is 17.3. The van der Waals surface area contributed by atoms with Crippen molar-refractivity contribution in [2.75, 3.05) is 13.7 Å². The summed E-state index contributed by atoms with van der Waals surface area (Å²) in [5, 5.41) is 11.0. The molecule has 8 nitrogen and oxygen atoms in total. The van der Waals surface area contributed by atoms with Gasteiger partial charge in [0.25, 0.3) is 11.7 Å². The van der Waals surface area contributed by atoms with Crippen molar-refractivity contribution in [2.45, 2.75) is 19.0 Å². The van der Waals surface area contributed by atoms with Gasteiger partial charge < -0.3 is 19.3 Å². The van der Waals surface area contributed by atoms with Crippen molar-refractivity contribution >= 4 is 17.4 Å². The topological polar surface area (TPSA) is 97.6 Å². The number of likely N-dealkylation sites (tertiary alicyclic amines) is 1. The number of hydrogen-bond acceptors (Lipinski definition) is 6. The fourth-order valence-electron chi connectivity index (χ4n) is 3.81. The van der Waals surface area contributed by atoms with E-state index in [1.54, 1.807) is 37.1 Å². The van der Waals surface area contributed by atoms with Crippen LogP contribution in [0.2, 0.25) is 0 Å². The average molecular weight is 436 g/mol. The summed E-state index contributed by atoms with van der Waals surface area (Å²) < 4.78 is 21.0. The number of nitrogens with zero attached hydrogens (tertiary/aromatic N) is 4. The number of benzene rings is 1. The van der Waals surface area contributed by atoms with E-state index in [1.165, 1.54) is 24.1 Å². The van der Waals surface area contributed by atoms with Gasteiger partial charge in [-0.1, -0.05) is 6.07 Å². The second-order valence-corrected chi connectivity index (χ2v) is 7.28. The van der Waals surface area contributed by atoms with Crippen molar-refractivity contribution in [2.24, 2.45) is 0 Å². The molecular formula is C23H21FN4O4. The maximum Gasteiger partial charge on any atom is 0.295 e. The summed E-state index contributed by atoms with van der Waals surface area (Å²) in [7, 11) is 1.33. The van der Waals surface area contributed by atoms with E-state index in [2.05, 4.69) is 9.97 Å². The van der Waals surface area contributed by atoms with Crippen molar-refractivity contribution in [3.63, 3.8) is 0 Å². The van der Waals surface area contributed by atoms with E-state index in [1.807, 2.05) is 10.8 Å². The second kappa shape index (κ2) is 9.01. The molecule has 164 valence electrons. The lowest BCUT2D eigenvalue weighted by Gasteiger charge is -2.25. The number of amides is 1. The predicted molar refractivity (Wildman–Crippen MR) is 113 cm³/mol. The third-order valence-corrected chi connectivity index (χ3v) is 5.34. The number of Topliss-reactive ketones (excluding diaryl/α,β-unsaturated/α-hetero) is 1. The highest BCUT2D eigenvalue weighted by molar-refractivity contribution is 6.46. The molecule has 4 rings (SSSR count). The first-order valence-electron chi connectivity index (χ1n) is 9.99. The lowest BCUT2D eigenvalue weighted by Crippen LogP contribution is -2.31.